The molecule has 2 rings (SSSR count). The molecule has 0 spiro atoms. The first-order valence-electron chi connectivity index (χ1n) is 7.00. The van der Waals surface area contributed by atoms with Crippen LogP contribution in [0.15, 0.2) is 12.1 Å². The fraction of sp³-hybridized carbons (Fsp3) is 0.600. The lowest BCUT2D eigenvalue weighted by molar-refractivity contribution is 0.276. The summed E-state index contributed by atoms with van der Waals surface area (Å²) in [5, 5.41) is 3.56. The first-order chi connectivity index (χ1) is 8.95. The number of rotatable bonds is 3. The maximum atomic E-state index is 5.71. The van der Waals surface area contributed by atoms with Crippen molar-refractivity contribution in [1.82, 2.24) is 4.98 Å². The summed E-state index contributed by atoms with van der Waals surface area (Å²) in [6.45, 7) is 6.62. The second-order valence-electron chi connectivity index (χ2n) is 5.89. The number of hydrogen-bond donors (Lipinski definition) is 2. The molecule has 3 unspecified atom stereocenters. The van der Waals surface area contributed by atoms with E-state index in [4.69, 9.17) is 18.0 Å². The van der Waals surface area contributed by atoms with Gasteiger partial charge in [0.25, 0.3) is 0 Å². The number of nitrogens with zero attached hydrogens (tertiary/aromatic N) is 1. The van der Waals surface area contributed by atoms with Crippen molar-refractivity contribution in [2.24, 2.45) is 17.6 Å². The molecule has 104 valence electrons. The topological polar surface area (TPSA) is 50.9 Å². The molecule has 0 saturated heterocycles. The third-order valence-corrected chi connectivity index (χ3v) is 4.24. The van der Waals surface area contributed by atoms with Crippen LogP contribution in [0.5, 0.6) is 0 Å². The molecule has 3 atom stereocenters. The Hall–Kier alpha value is -1.16. The minimum absolute atomic E-state index is 0.430. The Bertz CT molecular complexity index is 472. The third kappa shape index (κ3) is 3.66. The van der Waals surface area contributed by atoms with Crippen LogP contribution in [-0.2, 0) is 0 Å². The molecule has 1 aromatic heterocycles. The van der Waals surface area contributed by atoms with Crippen molar-refractivity contribution in [1.29, 1.82) is 0 Å². The Labute approximate surface area is 121 Å². The van der Waals surface area contributed by atoms with Crippen LogP contribution in [0.25, 0.3) is 0 Å². The minimum atomic E-state index is 0.430. The van der Waals surface area contributed by atoms with Crippen molar-refractivity contribution in [3.05, 3.63) is 23.4 Å². The highest BCUT2D eigenvalue weighted by atomic mass is 32.1. The molecule has 1 fully saturated rings. The lowest BCUT2D eigenvalue weighted by atomic mass is 9.80. The highest BCUT2D eigenvalue weighted by Crippen LogP contribution is 2.30. The van der Waals surface area contributed by atoms with Crippen molar-refractivity contribution < 1.29 is 0 Å². The van der Waals surface area contributed by atoms with Crippen molar-refractivity contribution in [3.63, 3.8) is 0 Å². The Morgan fingerprint density at radius 2 is 2.11 bits per heavy atom. The van der Waals surface area contributed by atoms with E-state index >= 15 is 0 Å². The fourth-order valence-electron chi connectivity index (χ4n) is 2.95. The highest BCUT2D eigenvalue weighted by Gasteiger charge is 2.25. The standard InChI is InChI=1S/C15H23N3S/c1-9-4-5-13(10(2)6-9)18-14-8-12(15(16)19)7-11(3)17-14/h7-10,13H,4-6H2,1-3H3,(H2,16,19)(H,17,18). The van der Waals surface area contributed by atoms with Gasteiger partial charge in [-0.05, 0) is 50.2 Å². The zero-order chi connectivity index (χ0) is 14.0. The summed E-state index contributed by atoms with van der Waals surface area (Å²) < 4.78 is 0. The second-order valence-corrected chi connectivity index (χ2v) is 6.33. The lowest BCUT2D eigenvalue weighted by Crippen LogP contribution is -2.33. The van der Waals surface area contributed by atoms with Crippen LogP contribution in [0.3, 0.4) is 0 Å². The predicted octanol–water partition coefficient (Wildman–Crippen LogP) is 3.26. The fourth-order valence-corrected chi connectivity index (χ4v) is 3.07. The van der Waals surface area contributed by atoms with E-state index in [0.717, 1.165) is 23.0 Å². The first-order valence-corrected chi connectivity index (χ1v) is 7.41. The monoisotopic (exact) mass is 277 g/mol. The van der Waals surface area contributed by atoms with Gasteiger partial charge >= 0.3 is 0 Å². The molecule has 1 aliphatic rings. The third-order valence-electron chi connectivity index (χ3n) is 4.00. The molecule has 1 heterocycles. The number of nitrogens with two attached hydrogens (primary N) is 1. The number of anilines is 1. The van der Waals surface area contributed by atoms with E-state index in [1.807, 2.05) is 19.1 Å². The van der Waals surface area contributed by atoms with Gasteiger partial charge in [0.15, 0.2) is 0 Å². The van der Waals surface area contributed by atoms with Gasteiger partial charge < -0.3 is 11.1 Å². The summed E-state index contributed by atoms with van der Waals surface area (Å²) in [5.41, 5.74) is 7.55. The second kappa shape index (κ2) is 5.87. The molecule has 3 N–H and O–H groups in total. The Morgan fingerprint density at radius 1 is 1.37 bits per heavy atom. The molecule has 0 aliphatic heterocycles. The molecule has 0 bridgehead atoms. The molecule has 19 heavy (non-hydrogen) atoms. The zero-order valence-corrected chi connectivity index (χ0v) is 12.8. The van der Waals surface area contributed by atoms with Gasteiger partial charge in [0.1, 0.15) is 10.8 Å². The zero-order valence-electron chi connectivity index (χ0n) is 11.9. The van der Waals surface area contributed by atoms with Gasteiger partial charge in [-0.15, -0.1) is 0 Å². The SMILES string of the molecule is Cc1cc(C(N)=S)cc(NC2CCC(C)CC2C)n1. The lowest BCUT2D eigenvalue weighted by Gasteiger charge is -2.33. The van der Waals surface area contributed by atoms with Gasteiger partial charge in [0, 0.05) is 17.3 Å². The molecule has 0 amide bonds. The molecule has 1 aromatic rings. The highest BCUT2D eigenvalue weighted by molar-refractivity contribution is 7.80. The minimum Gasteiger partial charge on any atom is -0.389 e. The molecule has 1 aliphatic carbocycles. The van der Waals surface area contributed by atoms with Crippen molar-refractivity contribution >= 4 is 23.0 Å². The van der Waals surface area contributed by atoms with E-state index in [9.17, 15) is 0 Å². The van der Waals surface area contributed by atoms with Crippen LogP contribution < -0.4 is 11.1 Å². The summed E-state index contributed by atoms with van der Waals surface area (Å²) in [7, 11) is 0. The van der Waals surface area contributed by atoms with Gasteiger partial charge in [-0.1, -0.05) is 26.1 Å². The maximum Gasteiger partial charge on any atom is 0.127 e. The summed E-state index contributed by atoms with van der Waals surface area (Å²) in [6, 6.07) is 4.39. The van der Waals surface area contributed by atoms with Crippen LogP contribution in [-0.4, -0.2) is 16.0 Å². The Morgan fingerprint density at radius 3 is 2.74 bits per heavy atom. The number of pyridine rings is 1. The maximum absolute atomic E-state index is 5.71. The van der Waals surface area contributed by atoms with Crippen LogP contribution in [0.4, 0.5) is 5.82 Å². The van der Waals surface area contributed by atoms with Gasteiger partial charge in [-0.2, -0.15) is 0 Å². The van der Waals surface area contributed by atoms with E-state index in [0.29, 0.717) is 16.9 Å². The van der Waals surface area contributed by atoms with E-state index in [1.54, 1.807) is 0 Å². The van der Waals surface area contributed by atoms with Crippen LogP contribution in [0.1, 0.15) is 44.4 Å². The van der Waals surface area contributed by atoms with E-state index in [1.165, 1.54) is 19.3 Å². The number of nitrogens with one attached hydrogen (secondary N) is 1. The van der Waals surface area contributed by atoms with Crippen LogP contribution in [0.2, 0.25) is 0 Å². The largest absolute Gasteiger partial charge is 0.389 e. The van der Waals surface area contributed by atoms with Crippen LogP contribution in [0, 0.1) is 18.8 Å². The molecule has 0 aromatic carbocycles. The molecule has 3 nitrogen and oxygen atoms in total. The predicted molar refractivity (Wildman–Crippen MR) is 84.5 cm³/mol. The van der Waals surface area contributed by atoms with Gasteiger partial charge in [-0.3, -0.25) is 0 Å². The van der Waals surface area contributed by atoms with Crippen molar-refractivity contribution in [2.75, 3.05) is 5.32 Å². The van der Waals surface area contributed by atoms with Crippen molar-refractivity contribution in [3.8, 4) is 0 Å². The Kier molecular flexibility index (Phi) is 4.40. The number of aromatic nitrogens is 1. The smallest absolute Gasteiger partial charge is 0.127 e. The number of thiocarbonyl (C=S) groups is 1. The van der Waals surface area contributed by atoms with E-state index < -0.39 is 0 Å². The van der Waals surface area contributed by atoms with Gasteiger partial charge in [0.2, 0.25) is 0 Å². The molecular weight excluding hydrogens is 254 g/mol. The normalized spacial score (nSPS) is 27.0. The number of hydrogen-bond acceptors (Lipinski definition) is 3. The molecule has 1 saturated carbocycles. The van der Waals surface area contributed by atoms with E-state index in [-0.39, 0.29) is 0 Å². The molecular formula is C15H23N3S. The average molecular weight is 277 g/mol. The van der Waals surface area contributed by atoms with E-state index in [2.05, 4.69) is 24.1 Å². The molecule has 0 radical (unpaired) electrons. The summed E-state index contributed by atoms with van der Waals surface area (Å²) >= 11 is 5.05. The number of aryl methyl sites for hydroxylation is 1. The van der Waals surface area contributed by atoms with Crippen LogP contribution >= 0.6 is 12.2 Å². The van der Waals surface area contributed by atoms with Gasteiger partial charge in [0.05, 0.1) is 0 Å². The summed E-state index contributed by atoms with van der Waals surface area (Å²) in [5.74, 6) is 2.42. The summed E-state index contributed by atoms with van der Waals surface area (Å²) in [6.07, 6.45) is 3.78. The first kappa shape index (κ1) is 14.3. The molecule has 4 heteroatoms. The summed E-state index contributed by atoms with van der Waals surface area (Å²) in [4.78, 5) is 4.97. The average Bonchev–Trinajstić information content (AvgIpc) is 2.32. The van der Waals surface area contributed by atoms with Gasteiger partial charge in [-0.25, -0.2) is 4.98 Å². The van der Waals surface area contributed by atoms with Crippen molar-refractivity contribution in [2.45, 2.75) is 46.1 Å². The quantitative estimate of drug-likeness (QED) is 0.833. The Balaban J connectivity index is 2.12.